The largest absolute Gasteiger partial charge is 0.390 e. The molecule has 0 aromatic rings. The Morgan fingerprint density at radius 3 is 1.69 bits per heavy atom. The fraction of sp³-hybridized carbons (Fsp3) is 1.00. The average molecular weight is 222 g/mol. The number of hydrogen-bond donors (Lipinski definition) is 1. The monoisotopic (exact) mass is 222 g/mol. The van der Waals surface area contributed by atoms with E-state index in [4.69, 9.17) is 0 Å². The van der Waals surface area contributed by atoms with E-state index in [1.807, 2.05) is 0 Å². The first kappa shape index (κ1) is 11.1. The predicted octanol–water partition coefficient (Wildman–Crippen LogP) is 3.75. The smallest absolute Gasteiger partial charge is 0.0663 e. The van der Waals surface area contributed by atoms with Crippen molar-refractivity contribution in [2.75, 3.05) is 0 Å². The maximum absolute atomic E-state index is 10.8. The van der Waals surface area contributed by atoms with Crippen LogP contribution in [-0.4, -0.2) is 10.7 Å². The molecule has 1 N–H and O–H groups in total. The number of rotatable bonds is 1. The van der Waals surface area contributed by atoms with Gasteiger partial charge in [0.05, 0.1) is 5.60 Å². The molecule has 0 aromatic carbocycles. The Balaban J connectivity index is 2.07. The Hall–Kier alpha value is -0.0400. The Labute approximate surface area is 99.6 Å². The first-order chi connectivity index (χ1) is 7.19. The Morgan fingerprint density at radius 2 is 1.31 bits per heavy atom. The van der Waals surface area contributed by atoms with Crippen LogP contribution in [0.5, 0.6) is 0 Å². The van der Waals surface area contributed by atoms with Crippen LogP contribution in [-0.2, 0) is 0 Å². The highest BCUT2D eigenvalue weighted by Crippen LogP contribution is 2.72. The zero-order chi connectivity index (χ0) is 11.8. The van der Waals surface area contributed by atoms with E-state index in [1.54, 1.807) is 0 Å². The highest BCUT2D eigenvalue weighted by atomic mass is 16.3. The Morgan fingerprint density at radius 1 is 0.812 bits per heavy atom. The summed E-state index contributed by atoms with van der Waals surface area (Å²) in [4.78, 5) is 0. The van der Waals surface area contributed by atoms with Gasteiger partial charge >= 0.3 is 0 Å². The van der Waals surface area contributed by atoms with Crippen LogP contribution in [0.1, 0.15) is 66.2 Å². The van der Waals surface area contributed by atoms with Gasteiger partial charge in [-0.05, 0) is 60.7 Å². The molecule has 0 spiro atoms. The van der Waals surface area contributed by atoms with Crippen molar-refractivity contribution in [3.8, 4) is 0 Å². The summed E-state index contributed by atoms with van der Waals surface area (Å²) in [6, 6.07) is 0. The molecule has 0 aromatic heterocycles. The lowest BCUT2D eigenvalue weighted by Gasteiger charge is -2.69. The molecule has 4 bridgehead atoms. The summed E-state index contributed by atoms with van der Waals surface area (Å²) in [6.45, 7) is 9.57. The zero-order valence-electron chi connectivity index (χ0n) is 11.3. The van der Waals surface area contributed by atoms with Crippen molar-refractivity contribution in [1.29, 1.82) is 0 Å². The van der Waals surface area contributed by atoms with Crippen molar-refractivity contribution in [3.63, 3.8) is 0 Å². The minimum atomic E-state index is -0.331. The second kappa shape index (κ2) is 2.68. The summed E-state index contributed by atoms with van der Waals surface area (Å²) < 4.78 is 0. The fourth-order valence-electron chi connectivity index (χ4n) is 6.34. The van der Waals surface area contributed by atoms with E-state index in [2.05, 4.69) is 27.7 Å². The summed E-state index contributed by atoms with van der Waals surface area (Å²) in [5.74, 6) is 0.721. The lowest BCUT2D eigenvalue weighted by Crippen LogP contribution is -2.63. The quantitative estimate of drug-likeness (QED) is 0.716. The molecule has 0 amide bonds. The maximum Gasteiger partial charge on any atom is 0.0663 e. The summed E-state index contributed by atoms with van der Waals surface area (Å²) in [7, 11) is 0. The van der Waals surface area contributed by atoms with Gasteiger partial charge in [-0.3, -0.25) is 0 Å². The van der Waals surface area contributed by atoms with Crippen LogP contribution in [0.3, 0.4) is 0 Å². The summed E-state index contributed by atoms with van der Waals surface area (Å²) in [5, 5.41) is 10.8. The molecule has 2 unspecified atom stereocenters. The molecule has 4 aliphatic rings. The van der Waals surface area contributed by atoms with Crippen LogP contribution in [0, 0.1) is 22.2 Å². The molecule has 4 rings (SSSR count). The standard InChI is InChI=1S/C15H26O/c1-11(2)14-6-12(3)5-13(4,7-14)9-15(16,8-12)10-14/h11,16H,5-10H2,1-4H3. The Kier molecular flexibility index (Phi) is 1.86. The molecule has 4 saturated carbocycles. The van der Waals surface area contributed by atoms with Gasteiger partial charge in [0.25, 0.3) is 0 Å². The van der Waals surface area contributed by atoms with Crippen molar-refractivity contribution in [1.82, 2.24) is 0 Å². The third-order valence-electron chi connectivity index (χ3n) is 5.83. The van der Waals surface area contributed by atoms with Gasteiger partial charge in [0.1, 0.15) is 0 Å². The average Bonchev–Trinajstić information content (AvgIpc) is 1.92. The molecule has 0 heterocycles. The Bertz CT molecular complexity index is 277. The van der Waals surface area contributed by atoms with Gasteiger partial charge in [-0.2, -0.15) is 0 Å². The zero-order valence-corrected chi connectivity index (χ0v) is 11.3. The van der Waals surface area contributed by atoms with Crippen LogP contribution in [0.2, 0.25) is 0 Å². The molecule has 92 valence electrons. The molecular formula is C15H26O. The fourth-order valence-corrected chi connectivity index (χ4v) is 6.34. The highest BCUT2D eigenvalue weighted by molar-refractivity contribution is 5.16. The molecule has 4 aliphatic carbocycles. The molecule has 0 saturated heterocycles. The summed E-state index contributed by atoms with van der Waals surface area (Å²) in [5.41, 5.74) is 0.945. The van der Waals surface area contributed by atoms with E-state index in [1.165, 1.54) is 19.3 Å². The SMILES string of the molecule is CC(C)C12CC3(C)CC(C)(CC(O)(C3)C1)C2. The lowest BCUT2D eigenvalue weighted by atomic mass is 9.37. The molecule has 1 heteroatoms. The van der Waals surface area contributed by atoms with Crippen LogP contribution in [0.25, 0.3) is 0 Å². The van der Waals surface area contributed by atoms with Gasteiger partial charge in [-0.25, -0.2) is 0 Å². The van der Waals surface area contributed by atoms with Crippen molar-refractivity contribution < 1.29 is 5.11 Å². The minimum absolute atomic E-state index is 0.331. The highest BCUT2D eigenvalue weighted by Gasteiger charge is 2.65. The second-order valence-corrected chi connectivity index (χ2v) is 8.42. The second-order valence-electron chi connectivity index (χ2n) is 8.42. The van der Waals surface area contributed by atoms with E-state index < -0.39 is 0 Å². The van der Waals surface area contributed by atoms with Crippen molar-refractivity contribution in [2.45, 2.75) is 71.8 Å². The minimum Gasteiger partial charge on any atom is -0.390 e. The van der Waals surface area contributed by atoms with Crippen molar-refractivity contribution in [3.05, 3.63) is 0 Å². The first-order valence-corrected chi connectivity index (χ1v) is 6.91. The van der Waals surface area contributed by atoms with Crippen molar-refractivity contribution >= 4 is 0 Å². The maximum atomic E-state index is 10.8. The molecule has 2 atom stereocenters. The van der Waals surface area contributed by atoms with Crippen LogP contribution in [0.4, 0.5) is 0 Å². The van der Waals surface area contributed by atoms with Gasteiger partial charge in [-0.15, -0.1) is 0 Å². The van der Waals surface area contributed by atoms with Gasteiger partial charge < -0.3 is 5.11 Å². The molecule has 1 nitrogen and oxygen atoms in total. The van der Waals surface area contributed by atoms with Gasteiger partial charge in [-0.1, -0.05) is 27.7 Å². The molecular weight excluding hydrogens is 196 g/mol. The molecule has 16 heavy (non-hydrogen) atoms. The van der Waals surface area contributed by atoms with Gasteiger partial charge in [0, 0.05) is 0 Å². The van der Waals surface area contributed by atoms with E-state index >= 15 is 0 Å². The van der Waals surface area contributed by atoms with Gasteiger partial charge in [0.15, 0.2) is 0 Å². The number of aliphatic hydroxyl groups is 1. The van der Waals surface area contributed by atoms with E-state index in [-0.39, 0.29) is 5.60 Å². The van der Waals surface area contributed by atoms with Crippen LogP contribution < -0.4 is 0 Å². The normalized spacial score (nSPS) is 59.6. The third-order valence-corrected chi connectivity index (χ3v) is 5.83. The molecule has 4 fully saturated rings. The van der Waals surface area contributed by atoms with E-state index in [0.29, 0.717) is 16.2 Å². The summed E-state index contributed by atoms with van der Waals surface area (Å²) >= 11 is 0. The van der Waals surface area contributed by atoms with Gasteiger partial charge in [0.2, 0.25) is 0 Å². The topological polar surface area (TPSA) is 20.2 Å². The number of hydrogen-bond acceptors (Lipinski definition) is 1. The van der Waals surface area contributed by atoms with E-state index in [9.17, 15) is 5.11 Å². The lowest BCUT2D eigenvalue weighted by molar-refractivity contribution is -0.236. The summed E-state index contributed by atoms with van der Waals surface area (Å²) in [6.07, 6.45) is 7.25. The molecule has 0 radical (unpaired) electrons. The van der Waals surface area contributed by atoms with Crippen LogP contribution >= 0.6 is 0 Å². The molecule has 0 aliphatic heterocycles. The third kappa shape index (κ3) is 1.33. The van der Waals surface area contributed by atoms with Crippen molar-refractivity contribution in [2.24, 2.45) is 22.2 Å². The first-order valence-electron chi connectivity index (χ1n) is 6.91. The van der Waals surface area contributed by atoms with E-state index in [0.717, 1.165) is 25.2 Å². The predicted molar refractivity (Wildman–Crippen MR) is 66.1 cm³/mol. The van der Waals surface area contributed by atoms with Crippen LogP contribution in [0.15, 0.2) is 0 Å².